The normalized spacial score (nSPS) is 29.0. The maximum absolute atomic E-state index is 13.1. The van der Waals surface area contributed by atoms with Crippen LogP contribution in [0.4, 0.5) is 10.3 Å². The highest BCUT2D eigenvalue weighted by atomic mass is 35.5. The van der Waals surface area contributed by atoms with Gasteiger partial charge < -0.3 is 10.6 Å². The standard InChI is InChI=1S/C16H18FN5S.ClH/c17-13-6-19-15(20-7-13)22-8-12-9-23-14(18)21-16(12,10-22)11-4-2-1-3-5-11;/h1-7,12,14,21H,8-10,18H2;1H/t12-,14?,16+;/m0./s1. The predicted molar refractivity (Wildman–Crippen MR) is 96.6 cm³/mol. The summed E-state index contributed by atoms with van der Waals surface area (Å²) in [7, 11) is 0. The third kappa shape index (κ3) is 2.97. The molecule has 2 aromatic rings. The molecule has 0 aliphatic carbocycles. The van der Waals surface area contributed by atoms with E-state index in [1.54, 1.807) is 11.8 Å². The zero-order chi connectivity index (χ0) is 15.9. The number of benzene rings is 1. The zero-order valence-corrected chi connectivity index (χ0v) is 14.6. The van der Waals surface area contributed by atoms with Gasteiger partial charge in [0.15, 0.2) is 5.82 Å². The molecule has 5 nitrogen and oxygen atoms in total. The van der Waals surface area contributed by atoms with Crippen molar-refractivity contribution < 1.29 is 4.39 Å². The lowest BCUT2D eigenvalue weighted by atomic mass is 9.81. The fourth-order valence-corrected chi connectivity index (χ4v) is 4.68. The van der Waals surface area contributed by atoms with Gasteiger partial charge in [0.2, 0.25) is 5.95 Å². The van der Waals surface area contributed by atoms with Crippen LogP contribution >= 0.6 is 24.2 Å². The largest absolute Gasteiger partial charge is 0.338 e. The molecule has 2 aliphatic heterocycles. The molecule has 0 saturated carbocycles. The fourth-order valence-electron chi connectivity index (χ4n) is 3.56. The Balaban J connectivity index is 0.00000169. The number of nitrogens with one attached hydrogen (secondary N) is 1. The Morgan fingerprint density at radius 1 is 1.25 bits per heavy atom. The van der Waals surface area contributed by atoms with Crippen molar-refractivity contribution in [2.75, 3.05) is 23.7 Å². The average molecular weight is 368 g/mol. The van der Waals surface area contributed by atoms with Crippen LogP contribution in [-0.4, -0.2) is 34.3 Å². The van der Waals surface area contributed by atoms with E-state index in [0.29, 0.717) is 11.9 Å². The Morgan fingerprint density at radius 3 is 2.67 bits per heavy atom. The van der Waals surface area contributed by atoms with Crippen LogP contribution in [0.2, 0.25) is 0 Å². The Morgan fingerprint density at radius 2 is 1.96 bits per heavy atom. The maximum Gasteiger partial charge on any atom is 0.225 e. The van der Waals surface area contributed by atoms with Gasteiger partial charge in [0.05, 0.1) is 17.9 Å². The molecule has 4 rings (SSSR count). The molecule has 1 unspecified atom stereocenters. The van der Waals surface area contributed by atoms with E-state index in [2.05, 4.69) is 32.3 Å². The summed E-state index contributed by atoms with van der Waals surface area (Å²) in [4.78, 5) is 10.4. The van der Waals surface area contributed by atoms with Crippen LogP contribution in [-0.2, 0) is 5.54 Å². The molecule has 3 atom stereocenters. The molecule has 24 heavy (non-hydrogen) atoms. The topological polar surface area (TPSA) is 67.1 Å². The van der Waals surface area contributed by atoms with E-state index in [4.69, 9.17) is 5.73 Å². The van der Waals surface area contributed by atoms with Crippen molar-refractivity contribution in [3.05, 3.63) is 54.1 Å². The van der Waals surface area contributed by atoms with E-state index in [9.17, 15) is 4.39 Å². The lowest BCUT2D eigenvalue weighted by Gasteiger charge is -2.42. The van der Waals surface area contributed by atoms with E-state index in [-0.39, 0.29) is 23.4 Å². The van der Waals surface area contributed by atoms with Gasteiger partial charge in [0, 0.05) is 24.8 Å². The summed E-state index contributed by atoms with van der Waals surface area (Å²) in [6.45, 7) is 1.55. The summed E-state index contributed by atoms with van der Waals surface area (Å²) >= 11 is 1.73. The quantitative estimate of drug-likeness (QED) is 0.845. The van der Waals surface area contributed by atoms with Crippen molar-refractivity contribution >= 4 is 30.1 Å². The van der Waals surface area contributed by atoms with E-state index < -0.39 is 5.82 Å². The second-order valence-corrected chi connectivity index (χ2v) is 7.19. The molecule has 0 radical (unpaired) electrons. The van der Waals surface area contributed by atoms with Crippen molar-refractivity contribution in [2.24, 2.45) is 11.7 Å². The molecule has 1 aromatic heterocycles. The lowest BCUT2D eigenvalue weighted by molar-refractivity contribution is 0.274. The molecule has 0 spiro atoms. The minimum atomic E-state index is -0.418. The number of hydrogen-bond acceptors (Lipinski definition) is 6. The monoisotopic (exact) mass is 367 g/mol. The van der Waals surface area contributed by atoms with Gasteiger partial charge in [-0.05, 0) is 5.56 Å². The van der Waals surface area contributed by atoms with E-state index in [1.165, 1.54) is 18.0 Å². The molecule has 3 heterocycles. The van der Waals surface area contributed by atoms with Crippen LogP contribution in [0, 0.1) is 11.7 Å². The van der Waals surface area contributed by atoms with Gasteiger partial charge in [0.25, 0.3) is 0 Å². The Hall–Kier alpha value is -1.41. The number of aromatic nitrogens is 2. The first-order valence-electron chi connectivity index (χ1n) is 7.60. The Bertz CT molecular complexity index is 689. The molecule has 8 heteroatoms. The summed E-state index contributed by atoms with van der Waals surface area (Å²) in [6, 6.07) is 10.4. The summed E-state index contributed by atoms with van der Waals surface area (Å²) in [6.07, 6.45) is 2.43. The molecule has 3 N–H and O–H groups in total. The number of rotatable bonds is 2. The second kappa shape index (κ2) is 6.84. The lowest BCUT2D eigenvalue weighted by Crippen LogP contribution is -2.59. The fraction of sp³-hybridized carbons (Fsp3) is 0.375. The second-order valence-electron chi connectivity index (χ2n) is 6.01. The number of thioether (sulfide) groups is 1. The Labute approximate surface area is 150 Å². The molecular formula is C16H19ClFN5S. The van der Waals surface area contributed by atoms with Crippen LogP contribution in [0.3, 0.4) is 0 Å². The summed E-state index contributed by atoms with van der Waals surface area (Å²) in [5.74, 6) is 1.51. The van der Waals surface area contributed by atoms with Crippen molar-refractivity contribution in [1.82, 2.24) is 15.3 Å². The molecular weight excluding hydrogens is 349 g/mol. The molecule has 0 amide bonds. The smallest absolute Gasteiger partial charge is 0.225 e. The van der Waals surface area contributed by atoms with Crippen LogP contribution in [0.5, 0.6) is 0 Å². The summed E-state index contributed by atoms with van der Waals surface area (Å²) in [5.41, 5.74) is 7.08. The number of anilines is 1. The minimum absolute atomic E-state index is 0. The first kappa shape index (κ1) is 17.4. The first-order valence-corrected chi connectivity index (χ1v) is 8.65. The number of nitrogens with zero attached hydrogens (tertiary/aromatic N) is 3. The van der Waals surface area contributed by atoms with Crippen LogP contribution in [0.1, 0.15) is 5.56 Å². The van der Waals surface area contributed by atoms with Crippen molar-refractivity contribution in [3.63, 3.8) is 0 Å². The number of hydrogen-bond donors (Lipinski definition) is 2. The molecule has 2 fully saturated rings. The van der Waals surface area contributed by atoms with Crippen molar-refractivity contribution in [2.45, 2.75) is 11.0 Å². The van der Waals surface area contributed by atoms with Crippen LogP contribution in [0.25, 0.3) is 0 Å². The van der Waals surface area contributed by atoms with Gasteiger partial charge in [-0.1, -0.05) is 30.3 Å². The Kier molecular flexibility index (Phi) is 4.96. The molecule has 128 valence electrons. The molecule has 2 saturated heterocycles. The molecule has 2 aliphatic rings. The minimum Gasteiger partial charge on any atom is -0.338 e. The number of halogens is 2. The van der Waals surface area contributed by atoms with E-state index in [1.807, 2.05) is 18.2 Å². The highest BCUT2D eigenvalue weighted by Gasteiger charge is 2.51. The first-order chi connectivity index (χ1) is 11.2. The van der Waals surface area contributed by atoms with Crippen molar-refractivity contribution in [1.29, 1.82) is 0 Å². The van der Waals surface area contributed by atoms with Gasteiger partial charge in [-0.3, -0.25) is 5.32 Å². The van der Waals surface area contributed by atoms with E-state index >= 15 is 0 Å². The number of nitrogens with two attached hydrogens (primary N) is 1. The van der Waals surface area contributed by atoms with Gasteiger partial charge in [0.1, 0.15) is 5.50 Å². The molecule has 0 bridgehead atoms. The molecule has 1 aromatic carbocycles. The average Bonchev–Trinajstić information content (AvgIpc) is 2.96. The summed E-state index contributed by atoms with van der Waals surface area (Å²) < 4.78 is 13.1. The maximum atomic E-state index is 13.1. The number of fused-ring (bicyclic) bond motifs is 1. The third-order valence-electron chi connectivity index (χ3n) is 4.63. The summed E-state index contributed by atoms with van der Waals surface area (Å²) in [5, 5.41) is 3.59. The van der Waals surface area contributed by atoms with Crippen molar-refractivity contribution in [3.8, 4) is 0 Å². The van der Waals surface area contributed by atoms with Gasteiger partial charge in [-0.15, -0.1) is 24.2 Å². The highest BCUT2D eigenvalue weighted by Crippen LogP contribution is 2.43. The van der Waals surface area contributed by atoms with Gasteiger partial charge >= 0.3 is 0 Å². The van der Waals surface area contributed by atoms with Crippen LogP contribution < -0.4 is 16.0 Å². The van der Waals surface area contributed by atoms with E-state index in [0.717, 1.165) is 18.8 Å². The van der Waals surface area contributed by atoms with Gasteiger partial charge in [-0.2, -0.15) is 0 Å². The predicted octanol–water partition coefficient (Wildman–Crippen LogP) is 1.95. The zero-order valence-electron chi connectivity index (χ0n) is 12.9. The highest BCUT2D eigenvalue weighted by molar-refractivity contribution is 7.99. The SMILES string of the molecule is Cl.NC1N[C@@]2(c3ccccc3)CN(c3ncc(F)cn3)C[C@H]2CS1. The van der Waals surface area contributed by atoms with Crippen LogP contribution in [0.15, 0.2) is 42.7 Å². The third-order valence-corrected chi connectivity index (χ3v) is 5.70. The van der Waals surface area contributed by atoms with Gasteiger partial charge in [-0.25, -0.2) is 14.4 Å².